The molecular weight excluding hydrogens is 640 g/mol. The van der Waals surface area contributed by atoms with Crippen molar-refractivity contribution in [1.82, 2.24) is 5.32 Å². The van der Waals surface area contributed by atoms with Gasteiger partial charge in [0.05, 0.1) is 5.56 Å². The highest BCUT2D eigenvalue weighted by atomic mass is 16.5. The molecule has 0 aliphatic rings. The highest BCUT2D eigenvalue weighted by Crippen LogP contribution is 2.29. The van der Waals surface area contributed by atoms with E-state index in [1.807, 2.05) is 100 Å². The van der Waals surface area contributed by atoms with E-state index in [1.54, 1.807) is 6.07 Å². The maximum absolute atomic E-state index is 11.7. The second-order valence-corrected chi connectivity index (χ2v) is 10.8. The fourth-order valence-corrected chi connectivity index (χ4v) is 4.76. The lowest BCUT2D eigenvalue weighted by Crippen LogP contribution is -2.22. The number of aryl methyl sites for hydroxylation is 1. The molecule has 0 radical (unpaired) electrons. The number of ketones is 3. The highest BCUT2D eigenvalue weighted by molar-refractivity contribution is 6.14. The summed E-state index contributed by atoms with van der Waals surface area (Å²) in [6.07, 6.45) is 0. The Hall–Kier alpha value is -6.02. The molecule has 0 bridgehead atoms. The van der Waals surface area contributed by atoms with Gasteiger partial charge in [0.1, 0.15) is 23.0 Å². The minimum Gasteiger partial charge on any atom is -0.457 e. The zero-order valence-corrected chi connectivity index (χ0v) is 30.9. The molecule has 5 aromatic carbocycles. The first-order valence-corrected chi connectivity index (χ1v) is 16.9. The second-order valence-electron chi connectivity index (χ2n) is 10.8. The number of nitrogen functional groups attached to an aromatic ring is 1. The summed E-state index contributed by atoms with van der Waals surface area (Å²) in [5, 5.41) is 2.40. The van der Waals surface area contributed by atoms with Gasteiger partial charge in [0.15, 0.2) is 17.3 Å². The molecular formula is C43H48N2O6. The normalized spacial score (nSPS) is 9.67. The van der Waals surface area contributed by atoms with Gasteiger partial charge < -0.3 is 20.5 Å². The van der Waals surface area contributed by atoms with Crippen LogP contribution in [0.2, 0.25) is 0 Å². The molecule has 51 heavy (non-hydrogen) atoms. The van der Waals surface area contributed by atoms with Crippen molar-refractivity contribution in [3.05, 3.63) is 137 Å². The molecule has 266 valence electrons. The number of amides is 1. The van der Waals surface area contributed by atoms with Gasteiger partial charge in [-0.05, 0) is 105 Å². The van der Waals surface area contributed by atoms with Crippen molar-refractivity contribution >= 4 is 28.9 Å². The minimum absolute atomic E-state index is 0.102. The predicted molar refractivity (Wildman–Crippen MR) is 207 cm³/mol. The lowest BCUT2D eigenvalue weighted by atomic mass is 9.92. The van der Waals surface area contributed by atoms with E-state index in [4.69, 9.17) is 15.2 Å². The Bertz CT molecular complexity index is 1840. The van der Waals surface area contributed by atoms with Crippen LogP contribution >= 0.6 is 0 Å². The molecule has 8 heteroatoms. The number of anilines is 1. The summed E-state index contributed by atoms with van der Waals surface area (Å²) in [7, 11) is 1.43. The van der Waals surface area contributed by atoms with Gasteiger partial charge in [-0.2, -0.15) is 0 Å². The van der Waals surface area contributed by atoms with Crippen molar-refractivity contribution in [3.63, 3.8) is 0 Å². The Balaban J connectivity index is 0.000000344. The van der Waals surface area contributed by atoms with Gasteiger partial charge in [-0.15, -0.1) is 0 Å². The number of ether oxygens (including phenoxy) is 2. The highest BCUT2D eigenvalue weighted by Gasteiger charge is 2.21. The van der Waals surface area contributed by atoms with E-state index in [0.717, 1.165) is 34.1 Å². The molecule has 0 saturated carbocycles. The predicted octanol–water partition coefficient (Wildman–Crippen LogP) is 10.5. The fraction of sp³-hybridized carbons (Fsp3) is 0.209. The van der Waals surface area contributed by atoms with Gasteiger partial charge in [-0.3, -0.25) is 19.2 Å². The van der Waals surface area contributed by atoms with E-state index in [-0.39, 0.29) is 39.6 Å². The Labute approximate surface area is 301 Å². The molecule has 0 saturated heterocycles. The average molecular weight is 689 g/mol. The fourth-order valence-electron chi connectivity index (χ4n) is 4.76. The summed E-state index contributed by atoms with van der Waals surface area (Å²) in [5.41, 5.74) is 10.4. The van der Waals surface area contributed by atoms with Crippen LogP contribution in [0.25, 0.3) is 11.1 Å². The molecule has 1 amide bonds. The van der Waals surface area contributed by atoms with Crippen LogP contribution in [-0.4, -0.2) is 30.3 Å². The van der Waals surface area contributed by atoms with E-state index in [0.29, 0.717) is 5.69 Å². The topological polar surface area (TPSA) is 125 Å². The van der Waals surface area contributed by atoms with E-state index in [9.17, 15) is 19.2 Å². The molecule has 8 nitrogen and oxygen atoms in total. The Morgan fingerprint density at radius 2 is 0.902 bits per heavy atom. The summed E-state index contributed by atoms with van der Waals surface area (Å²) in [6, 6.07) is 34.1. The van der Waals surface area contributed by atoms with Crippen LogP contribution in [0.4, 0.5) is 5.69 Å². The SMILES string of the molecule is CC.CC.CNC(=O)c1cc(C(C)=O)c(C(C)=O)cc1C(C)=O.Cc1cccc(Oc2ccc(-c3ccc(Oc4cccc(N)c4)cc3)cc2)c1. The third-order valence-electron chi connectivity index (χ3n) is 7.13. The van der Waals surface area contributed by atoms with E-state index >= 15 is 0 Å². The number of Topliss-reactive ketones (excluding diaryl/α,β-unsaturated/α-hetero) is 3. The lowest BCUT2D eigenvalue weighted by molar-refractivity contribution is 0.0943. The van der Waals surface area contributed by atoms with E-state index < -0.39 is 5.91 Å². The van der Waals surface area contributed by atoms with Crippen LogP contribution in [0.15, 0.2) is 109 Å². The Kier molecular flexibility index (Phi) is 16.5. The molecule has 0 heterocycles. The lowest BCUT2D eigenvalue weighted by Gasteiger charge is -2.11. The standard InChI is InChI=1S/C25H21NO2.C14H15NO4.2C2H6/c1-18-4-2-6-24(16-18)27-22-12-8-19(9-13-22)20-10-14-23(15-11-20)28-25-7-3-5-21(26)17-25;1-7(16)10-5-12(9(3)18)13(14(19)15-4)6-11(10)8(2)17;2*1-2/h2-17H,26H2,1H3;5-6H,1-4H3,(H,15,19);2*1-2H3. The van der Waals surface area contributed by atoms with Crippen molar-refractivity contribution in [2.75, 3.05) is 12.8 Å². The number of hydrogen-bond acceptors (Lipinski definition) is 7. The smallest absolute Gasteiger partial charge is 0.251 e. The van der Waals surface area contributed by atoms with Crippen molar-refractivity contribution in [1.29, 1.82) is 0 Å². The molecule has 0 spiro atoms. The van der Waals surface area contributed by atoms with Crippen molar-refractivity contribution in [2.24, 2.45) is 0 Å². The Morgan fingerprint density at radius 1 is 0.510 bits per heavy atom. The molecule has 5 rings (SSSR count). The van der Waals surface area contributed by atoms with Crippen LogP contribution in [0.5, 0.6) is 23.0 Å². The zero-order chi connectivity index (χ0) is 38.1. The molecule has 0 unspecified atom stereocenters. The molecule has 0 aromatic heterocycles. The molecule has 0 aliphatic heterocycles. The molecule has 0 fully saturated rings. The van der Waals surface area contributed by atoms with Crippen LogP contribution < -0.4 is 20.5 Å². The van der Waals surface area contributed by atoms with E-state index in [2.05, 4.69) is 30.4 Å². The van der Waals surface area contributed by atoms with Gasteiger partial charge in [0.2, 0.25) is 0 Å². The van der Waals surface area contributed by atoms with Crippen molar-refractivity contribution in [2.45, 2.75) is 55.4 Å². The average Bonchev–Trinajstić information content (AvgIpc) is 3.13. The molecule has 3 N–H and O–H groups in total. The minimum atomic E-state index is -0.470. The van der Waals surface area contributed by atoms with E-state index in [1.165, 1.54) is 45.5 Å². The first-order valence-electron chi connectivity index (χ1n) is 16.9. The van der Waals surface area contributed by atoms with Gasteiger partial charge in [-0.1, -0.05) is 70.2 Å². The molecule has 0 atom stereocenters. The monoisotopic (exact) mass is 688 g/mol. The second kappa shape index (κ2) is 20.5. The first-order chi connectivity index (χ1) is 24.4. The number of nitrogens with two attached hydrogens (primary N) is 1. The van der Waals surface area contributed by atoms with Crippen molar-refractivity contribution in [3.8, 4) is 34.1 Å². The van der Waals surface area contributed by atoms with Gasteiger partial charge in [0, 0.05) is 35.5 Å². The zero-order valence-electron chi connectivity index (χ0n) is 30.9. The summed E-state index contributed by atoms with van der Waals surface area (Å²) in [4.78, 5) is 46.4. The van der Waals surface area contributed by atoms with Gasteiger partial charge in [0.25, 0.3) is 5.91 Å². The van der Waals surface area contributed by atoms with Gasteiger partial charge in [-0.25, -0.2) is 0 Å². The summed E-state index contributed by atoms with van der Waals surface area (Å²) in [5.74, 6) is 1.70. The number of nitrogens with one attached hydrogen (secondary N) is 1. The van der Waals surface area contributed by atoms with Gasteiger partial charge >= 0.3 is 0 Å². The van der Waals surface area contributed by atoms with Crippen LogP contribution in [-0.2, 0) is 0 Å². The first kappa shape index (κ1) is 41.2. The maximum Gasteiger partial charge on any atom is 0.251 e. The number of carbonyl (C=O) groups excluding carboxylic acids is 4. The van der Waals surface area contributed by atoms with Crippen LogP contribution in [0, 0.1) is 6.92 Å². The Morgan fingerprint density at radius 3 is 1.29 bits per heavy atom. The van der Waals surface area contributed by atoms with Crippen molar-refractivity contribution < 1.29 is 28.7 Å². The maximum atomic E-state index is 11.7. The molecule has 5 aromatic rings. The third kappa shape index (κ3) is 12.1. The number of hydrogen-bond donors (Lipinski definition) is 2. The van der Waals surface area contributed by atoms with Crippen LogP contribution in [0.1, 0.15) is 95.5 Å². The number of carbonyl (C=O) groups is 4. The molecule has 0 aliphatic carbocycles. The number of benzene rings is 5. The third-order valence-corrected chi connectivity index (χ3v) is 7.13. The number of rotatable bonds is 9. The summed E-state index contributed by atoms with van der Waals surface area (Å²) >= 11 is 0. The van der Waals surface area contributed by atoms with Crippen LogP contribution in [0.3, 0.4) is 0 Å². The largest absolute Gasteiger partial charge is 0.457 e. The quantitative estimate of drug-likeness (QED) is 0.117. The summed E-state index contributed by atoms with van der Waals surface area (Å²) < 4.78 is 11.8. The summed E-state index contributed by atoms with van der Waals surface area (Å²) in [6.45, 7) is 14.0.